The Morgan fingerprint density at radius 1 is 1.24 bits per heavy atom. The van der Waals surface area contributed by atoms with E-state index in [-0.39, 0.29) is 34.9 Å². The predicted octanol–water partition coefficient (Wildman–Crippen LogP) is 3.75. The van der Waals surface area contributed by atoms with Crippen molar-refractivity contribution in [2.24, 2.45) is 0 Å². The van der Waals surface area contributed by atoms with Crippen molar-refractivity contribution >= 4 is 22.8 Å². The Kier molecular flexibility index (Phi) is 5.62. The molecule has 1 fully saturated rings. The number of aromatic nitrogens is 5. The molecule has 10 heteroatoms. The zero-order valence-corrected chi connectivity index (χ0v) is 18.3. The third-order valence-electron chi connectivity index (χ3n) is 5.80. The average molecular weight is 459 g/mol. The van der Waals surface area contributed by atoms with Gasteiger partial charge in [-0.25, -0.2) is 24.0 Å². The minimum absolute atomic E-state index is 0.117. The number of halogens is 1. The van der Waals surface area contributed by atoms with Crippen LogP contribution >= 0.6 is 0 Å². The second-order valence-corrected chi connectivity index (χ2v) is 7.95. The minimum atomic E-state index is -0.567. The predicted molar refractivity (Wildman–Crippen MR) is 124 cm³/mol. The number of hydrogen-bond donors (Lipinski definition) is 1. The highest BCUT2D eigenvalue weighted by atomic mass is 19.1. The van der Waals surface area contributed by atoms with E-state index in [4.69, 9.17) is 10.5 Å². The topological polar surface area (TPSA) is 112 Å². The molecule has 1 aliphatic rings. The van der Waals surface area contributed by atoms with E-state index in [2.05, 4.69) is 26.6 Å². The van der Waals surface area contributed by atoms with Crippen LogP contribution in [0.25, 0.3) is 22.3 Å². The maximum Gasteiger partial charge on any atom is 0.246 e. The maximum atomic E-state index is 15.2. The maximum absolute atomic E-state index is 15.2. The van der Waals surface area contributed by atoms with Gasteiger partial charge in [0.2, 0.25) is 11.8 Å². The summed E-state index contributed by atoms with van der Waals surface area (Å²) in [5.74, 6) is 0.143. The van der Waals surface area contributed by atoms with E-state index in [0.29, 0.717) is 29.9 Å². The normalized spacial score (nSPS) is 15.9. The number of nitrogens with two attached hydrogens (primary N) is 1. The number of carbonyl (C=O) groups is 1. The van der Waals surface area contributed by atoms with Crippen LogP contribution in [-0.2, 0) is 4.79 Å². The van der Waals surface area contributed by atoms with Gasteiger partial charge in [0.25, 0.3) is 0 Å². The smallest absolute Gasteiger partial charge is 0.246 e. The quantitative estimate of drug-likeness (QED) is 0.452. The van der Waals surface area contributed by atoms with Gasteiger partial charge in [-0.15, -0.1) is 0 Å². The van der Waals surface area contributed by atoms with Gasteiger partial charge in [0.1, 0.15) is 29.4 Å². The van der Waals surface area contributed by atoms with Crippen molar-refractivity contribution < 1.29 is 13.9 Å². The number of anilines is 1. The first kappa shape index (κ1) is 21.5. The molecule has 2 N–H and O–H groups in total. The lowest BCUT2D eigenvalue weighted by atomic mass is 10.1. The van der Waals surface area contributed by atoms with Crippen LogP contribution in [0.4, 0.5) is 10.2 Å². The summed E-state index contributed by atoms with van der Waals surface area (Å²) in [6, 6.07) is 10.1. The molecule has 5 rings (SSSR count). The monoisotopic (exact) mass is 459 g/mol. The van der Waals surface area contributed by atoms with Crippen LogP contribution in [0, 0.1) is 5.82 Å². The zero-order valence-electron chi connectivity index (χ0n) is 18.3. The van der Waals surface area contributed by atoms with Gasteiger partial charge in [-0.3, -0.25) is 4.79 Å². The van der Waals surface area contributed by atoms with Crippen molar-refractivity contribution in [3.8, 4) is 22.9 Å². The van der Waals surface area contributed by atoms with Crippen molar-refractivity contribution in [2.75, 3.05) is 18.8 Å². The molecule has 1 aromatic carbocycles. The van der Waals surface area contributed by atoms with Gasteiger partial charge in [0, 0.05) is 25.4 Å². The first-order valence-electron chi connectivity index (χ1n) is 10.8. The van der Waals surface area contributed by atoms with Crippen LogP contribution in [-0.4, -0.2) is 48.6 Å². The number of amides is 1. The molecule has 4 aromatic rings. The Morgan fingerprint density at radius 2 is 2.06 bits per heavy atom. The van der Waals surface area contributed by atoms with E-state index in [9.17, 15) is 4.79 Å². The van der Waals surface area contributed by atoms with E-state index in [1.54, 1.807) is 21.7 Å². The van der Waals surface area contributed by atoms with Crippen LogP contribution in [0.1, 0.15) is 18.9 Å². The molecule has 34 heavy (non-hydrogen) atoms. The van der Waals surface area contributed by atoms with Crippen LogP contribution < -0.4 is 10.5 Å². The fraction of sp³-hybridized carbons (Fsp3) is 0.208. The summed E-state index contributed by atoms with van der Waals surface area (Å²) in [7, 11) is 0. The van der Waals surface area contributed by atoms with E-state index >= 15 is 4.39 Å². The molecule has 0 aliphatic carbocycles. The summed E-state index contributed by atoms with van der Waals surface area (Å²) in [4.78, 5) is 26.6. The second kappa shape index (κ2) is 8.89. The average Bonchev–Trinajstić information content (AvgIpc) is 3.25. The number of nitrogens with zero attached hydrogens (tertiary/aromatic N) is 6. The molecule has 3 aromatic heterocycles. The van der Waals surface area contributed by atoms with Gasteiger partial charge in [0.15, 0.2) is 5.65 Å². The van der Waals surface area contributed by atoms with Crippen molar-refractivity contribution in [3.05, 3.63) is 67.4 Å². The number of carbonyl (C=O) groups excluding carboxylic acids is 1. The third kappa shape index (κ3) is 3.94. The summed E-state index contributed by atoms with van der Waals surface area (Å²) in [5, 5.41) is 5.12. The second-order valence-electron chi connectivity index (χ2n) is 7.95. The number of piperidine rings is 1. The Labute approximate surface area is 194 Å². The number of fused-ring (bicyclic) bond motifs is 1. The lowest BCUT2D eigenvalue weighted by Gasteiger charge is -2.32. The Balaban J connectivity index is 1.54. The number of benzene rings is 1. The van der Waals surface area contributed by atoms with Crippen molar-refractivity contribution in [3.63, 3.8) is 0 Å². The van der Waals surface area contributed by atoms with Crippen LogP contribution in [0.2, 0.25) is 0 Å². The molecule has 1 saturated heterocycles. The van der Waals surface area contributed by atoms with E-state index < -0.39 is 5.82 Å². The van der Waals surface area contributed by atoms with Gasteiger partial charge in [-0.1, -0.05) is 24.8 Å². The minimum Gasteiger partial charge on any atom is -0.439 e. The summed E-state index contributed by atoms with van der Waals surface area (Å²) < 4.78 is 22.6. The Bertz CT molecular complexity index is 1370. The number of nitrogen functional groups attached to an aromatic ring is 1. The highest BCUT2D eigenvalue weighted by molar-refractivity contribution is 5.98. The van der Waals surface area contributed by atoms with E-state index in [1.165, 1.54) is 24.7 Å². The molecule has 0 bridgehead atoms. The summed E-state index contributed by atoms with van der Waals surface area (Å²) in [5.41, 5.74) is 7.08. The molecule has 1 aliphatic heterocycles. The van der Waals surface area contributed by atoms with E-state index in [0.717, 1.165) is 12.8 Å². The van der Waals surface area contributed by atoms with E-state index in [1.807, 2.05) is 18.2 Å². The molecular weight excluding hydrogens is 437 g/mol. The highest BCUT2D eigenvalue weighted by Crippen LogP contribution is 2.35. The fourth-order valence-electron chi connectivity index (χ4n) is 4.17. The summed E-state index contributed by atoms with van der Waals surface area (Å²) in [6.07, 6.45) is 5.59. The highest BCUT2D eigenvalue weighted by Gasteiger charge is 2.28. The van der Waals surface area contributed by atoms with Gasteiger partial charge in [0.05, 0.1) is 17.0 Å². The number of likely N-dealkylation sites (tertiary alicyclic amines) is 1. The molecule has 1 amide bonds. The molecule has 0 radical (unpaired) electrons. The number of para-hydroxylation sites is 1. The molecule has 0 saturated carbocycles. The molecule has 0 spiro atoms. The molecule has 9 nitrogen and oxygen atoms in total. The number of rotatable bonds is 5. The van der Waals surface area contributed by atoms with Gasteiger partial charge in [-0.05, 0) is 31.1 Å². The first-order chi connectivity index (χ1) is 16.5. The summed E-state index contributed by atoms with van der Waals surface area (Å²) >= 11 is 0. The van der Waals surface area contributed by atoms with Crippen molar-refractivity contribution in [1.29, 1.82) is 0 Å². The fourth-order valence-corrected chi connectivity index (χ4v) is 4.17. The lowest BCUT2D eigenvalue weighted by Crippen LogP contribution is -2.40. The Hall–Kier alpha value is -4.34. The number of pyridine rings is 1. The van der Waals surface area contributed by atoms with Crippen molar-refractivity contribution in [2.45, 2.75) is 18.9 Å². The summed E-state index contributed by atoms with van der Waals surface area (Å²) in [6.45, 7) is 4.66. The van der Waals surface area contributed by atoms with Crippen LogP contribution in [0.15, 0.2) is 61.6 Å². The SMILES string of the molecule is C=CC(=O)N1CCCC(n2nc(-c3cnc(Oc4ccccc4)cc3F)c3c(N)ncnc32)C1. The van der Waals surface area contributed by atoms with Gasteiger partial charge < -0.3 is 15.4 Å². The number of ether oxygens (including phenoxy) is 1. The lowest BCUT2D eigenvalue weighted by molar-refractivity contribution is -0.127. The van der Waals surface area contributed by atoms with Gasteiger partial charge in [-0.2, -0.15) is 5.10 Å². The first-order valence-corrected chi connectivity index (χ1v) is 10.8. The molecular formula is C24H22FN7O2. The largest absolute Gasteiger partial charge is 0.439 e. The van der Waals surface area contributed by atoms with Crippen LogP contribution in [0.5, 0.6) is 11.6 Å². The molecule has 1 atom stereocenters. The van der Waals surface area contributed by atoms with Crippen LogP contribution in [0.3, 0.4) is 0 Å². The number of hydrogen-bond acceptors (Lipinski definition) is 7. The van der Waals surface area contributed by atoms with Gasteiger partial charge >= 0.3 is 0 Å². The van der Waals surface area contributed by atoms with Crippen molar-refractivity contribution in [1.82, 2.24) is 29.6 Å². The zero-order chi connectivity index (χ0) is 23.7. The Morgan fingerprint density at radius 3 is 2.82 bits per heavy atom. The molecule has 4 heterocycles. The molecule has 172 valence electrons. The third-order valence-corrected chi connectivity index (χ3v) is 5.80. The molecule has 1 unspecified atom stereocenters. The standard InChI is InChI=1S/C24H22FN7O2/c1-2-20(33)31-10-6-7-15(13-31)32-24-21(23(26)28-14-29-24)22(30-32)17-12-27-19(11-18(17)25)34-16-8-4-3-5-9-16/h2-5,8-9,11-12,14-15H,1,6-7,10,13H2,(H2,26,28,29).